The van der Waals surface area contributed by atoms with Gasteiger partial charge in [0.05, 0.1) is 12.1 Å². The van der Waals surface area contributed by atoms with E-state index in [1.807, 2.05) is 6.92 Å². The molecule has 0 unspecified atom stereocenters. The molecule has 0 rings (SSSR count). The largest absolute Gasteiger partial charge is 0.310 e. The number of rotatable bonds is 5. The summed E-state index contributed by atoms with van der Waals surface area (Å²) in [7, 11) is 9.41. The van der Waals surface area contributed by atoms with Crippen LogP contribution in [0.15, 0.2) is 0 Å². The lowest BCUT2D eigenvalue weighted by Gasteiger charge is -2.00. The van der Waals surface area contributed by atoms with E-state index in [0.717, 1.165) is 17.9 Å². The second-order valence-corrected chi connectivity index (χ2v) is 4.03. The molecule has 0 saturated carbocycles. The van der Waals surface area contributed by atoms with Crippen LogP contribution in [0.25, 0.3) is 0 Å². The molecule has 0 bridgehead atoms. The highest BCUT2D eigenvalue weighted by atomic mass is 32.2. The van der Waals surface area contributed by atoms with Crippen molar-refractivity contribution in [3.05, 3.63) is 0 Å². The Morgan fingerprint density at radius 1 is 1.00 bits per heavy atom. The molecule has 4 radical (unpaired) electrons. The van der Waals surface area contributed by atoms with Crippen molar-refractivity contribution in [3.63, 3.8) is 0 Å². The summed E-state index contributed by atoms with van der Waals surface area (Å²) in [4.78, 5) is 30.3. The minimum atomic E-state index is -0.679. The molecule has 3 amide bonds. The third-order valence-corrected chi connectivity index (χ3v) is 2.22. The molecule has 0 aliphatic rings. The monoisotopic (exact) mass is 289 g/mol. The molecule has 18 heavy (non-hydrogen) atoms. The van der Waals surface area contributed by atoms with Gasteiger partial charge in [0.15, 0.2) is 11.6 Å². The first kappa shape index (κ1) is 22.4. The van der Waals surface area contributed by atoms with Crippen molar-refractivity contribution in [2.45, 2.75) is 27.7 Å². The molecule has 0 aromatic heterocycles. The molecule has 10 heteroatoms. The molecule has 0 fully saturated rings. The molecular weight excluding hydrogens is 272 g/mol. The molecule has 0 aromatic carbocycles. The molecular formula is C8H17B2N3O3S2. The number of hydrogen-bond donors (Lipinski definition) is 3. The van der Waals surface area contributed by atoms with Gasteiger partial charge in [-0.15, -0.1) is 0 Å². The fourth-order valence-corrected chi connectivity index (χ4v) is 1.04. The summed E-state index contributed by atoms with van der Waals surface area (Å²) in [5.74, 6) is -0.463. The number of amides is 3. The van der Waals surface area contributed by atoms with Gasteiger partial charge in [0.25, 0.3) is 0 Å². The van der Waals surface area contributed by atoms with Gasteiger partial charge < -0.3 is 4.72 Å². The first-order valence-corrected chi connectivity index (χ1v) is 6.41. The third kappa shape index (κ3) is 24.5. The first-order chi connectivity index (χ1) is 7.93. The third-order valence-electron chi connectivity index (χ3n) is 0.955. The maximum atomic E-state index is 10.5. The number of nitrogens with one attached hydrogen (secondary N) is 3. The van der Waals surface area contributed by atoms with E-state index >= 15 is 0 Å². The van der Waals surface area contributed by atoms with E-state index in [1.54, 1.807) is 6.92 Å². The topological polar surface area (TPSA) is 87.3 Å². The number of hydrogen-bond acceptors (Lipinski definition) is 5. The molecule has 6 nitrogen and oxygen atoms in total. The number of carbonyl (C=O) groups excluding carboxylic acids is 3. The van der Waals surface area contributed by atoms with Crippen LogP contribution in [0.3, 0.4) is 0 Å². The van der Waals surface area contributed by atoms with Gasteiger partial charge in [-0.2, -0.15) is 0 Å². The van der Waals surface area contributed by atoms with Crippen molar-refractivity contribution in [2.75, 3.05) is 5.75 Å². The summed E-state index contributed by atoms with van der Waals surface area (Å²) in [5.41, 5.74) is 0. The Bertz CT molecular complexity index is 258. The molecule has 0 saturated heterocycles. The van der Waals surface area contributed by atoms with Crippen LogP contribution in [-0.4, -0.2) is 39.0 Å². The van der Waals surface area contributed by atoms with Gasteiger partial charge in [0.1, 0.15) is 0 Å². The van der Waals surface area contributed by atoms with Crippen LogP contribution in [0.2, 0.25) is 0 Å². The van der Waals surface area contributed by atoms with Gasteiger partial charge >= 0.3 is 0 Å². The predicted octanol–water partition coefficient (Wildman–Crippen LogP) is 1.12. The highest BCUT2D eigenvalue weighted by Crippen LogP contribution is 1.87. The normalized spacial score (nSPS) is 7.89. The zero-order valence-corrected chi connectivity index (χ0v) is 11.2. The second kappa shape index (κ2) is 16.2. The van der Waals surface area contributed by atoms with Crippen LogP contribution in [0, 0.1) is 0 Å². The van der Waals surface area contributed by atoms with Crippen molar-refractivity contribution in [2.24, 2.45) is 0 Å². The lowest BCUT2D eigenvalue weighted by atomic mass is 10.2. The lowest BCUT2D eigenvalue weighted by Crippen LogP contribution is -2.23. The van der Waals surface area contributed by atoms with E-state index in [-0.39, 0.29) is 13.3 Å². The highest BCUT2D eigenvalue weighted by Gasteiger charge is 1.95. The molecule has 0 atom stereocenters. The Morgan fingerprint density at radius 3 is 1.78 bits per heavy atom. The summed E-state index contributed by atoms with van der Waals surface area (Å²) in [6, 6.07) is 0. The van der Waals surface area contributed by atoms with E-state index in [9.17, 15) is 14.4 Å². The fraction of sp³-hybridized carbons (Fsp3) is 0.625. The summed E-state index contributed by atoms with van der Waals surface area (Å²) >= 11 is 2.06. The van der Waals surface area contributed by atoms with Crippen molar-refractivity contribution in [3.8, 4) is 0 Å². The average Bonchev–Trinajstić information content (AvgIpc) is 2.26. The van der Waals surface area contributed by atoms with Gasteiger partial charge in [-0.1, -0.05) is 33.2 Å². The van der Waals surface area contributed by atoms with Crippen LogP contribution in [0.1, 0.15) is 27.7 Å². The van der Waals surface area contributed by atoms with E-state index in [1.165, 1.54) is 11.9 Å². The minimum absolute atomic E-state index is 0. The number of carbonyl (C=O) groups is 3. The van der Waals surface area contributed by atoms with Crippen molar-refractivity contribution >= 4 is 57.3 Å². The Morgan fingerprint density at radius 2 is 1.50 bits per heavy atom. The standard InChI is InChI=1S/C4H7BN2O2S.C3H6BNOS.CH4/c1-2-3(8)6-10-7-4(5)9;1-2-7-5-3(4)6;/h2H2,1H3,(H,6,8)(H,7,9);2H2,1H3,(H,5,6);1H4. The zero-order valence-electron chi connectivity index (χ0n) is 9.61. The minimum Gasteiger partial charge on any atom is -0.310 e. The summed E-state index contributed by atoms with van der Waals surface area (Å²) in [5, 5.41) is 0. The van der Waals surface area contributed by atoms with Crippen LogP contribution >= 0.6 is 24.1 Å². The molecule has 0 heterocycles. The van der Waals surface area contributed by atoms with Crippen LogP contribution < -0.4 is 14.2 Å². The fourth-order valence-electron chi connectivity index (χ4n) is 0.348. The maximum absolute atomic E-state index is 10.5. The molecule has 0 aliphatic carbocycles. The Labute approximate surface area is 119 Å². The molecule has 0 spiro atoms. The van der Waals surface area contributed by atoms with Gasteiger partial charge in [-0.05, 0) is 0 Å². The predicted molar refractivity (Wildman–Crippen MR) is 79.5 cm³/mol. The van der Waals surface area contributed by atoms with Gasteiger partial charge in [0.2, 0.25) is 21.6 Å². The summed E-state index contributed by atoms with van der Waals surface area (Å²) in [6.45, 7) is 3.64. The molecule has 3 N–H and O–H groups in total. The van der Waals surface area contributed by atoms with E-state index in [2.05, 4.69) is 14.2 Å². The Kier molecular flexibility index (Phi) is 20.2. The molecule has 100 valence electrons. The van der Waals surface area contributed by atoms with Gasteiger partial charge in [-0.25, -0.2) is 0 Å². The van der Waals surface area contributed by atoms with Crippen molar-refractivity contribution < 1.29 is 14.4 Å². The average molecular weight is 289 g/mol. The van der Waals surface area contributed by atoms with E-state index in [4.69, 9.17) is 15.7 Å². The first-order valence-electron chi connectivity index (χ1n) is 4.61. The lowest BCUT2D eigenvalue weighted by molar-refractivity contribution is -0.118. The van der Waals surface area contributed by atoms with Gasteiger partial charge in [0, 0.05) is 12.2 Å². The van der Waals surface area contributed by atoms with Crippen LogP contribution in [0.5, 0.6) is 0 Å². The molecule has 0 aromatic rings. The smallest absolute Gasteiger partial charge is 0.230 e. The Hall–Kier alpha value is -0.760. The van der Waals surface area contributed by atoms with Crippen molar-refractivity contribution in [1.82, 2.24) is 14.2 Å². The van der Waals surface area contributed by atoms with E-state index < -0.39 is 11.6 Å². The Balaban J connectivity index is -0.000000251. The highest BCUT2D eigenvalue weighted by molar-refractivity contribution is 7.98. The SMILES string of the molecule is C.[B]C(=O)NSCC.[B]C(=O)NSNC(=O)CC. The quantitative estimate of drug-likeness (QED) is 0.521. The van der Waals surface area contributed by atoms with Gasteiger partial charge in [-0.3, -0.25) is 23.8 Å². The van der Waals surface area contributed by atoms with Crippen molar-refractivity contribution in [1.29, 1.82) is 0 Å². The second-order valence-electron chi connectivity index (χ2n) is 2.35. The summed E-state index contributed by atoms with van der Waals surface area (Å²) in [6.07, 6.45) is 0.382. The van der Waals surface area contributed by atoms with Crippen LogP contribution in [0.4, 0.5) is 9.59 Å². The maximum Gasteiger partial charge on any atom is 0.230 e. The molecule has 0 aliphatic heterocycles. The summed E-state index contributed by atoms with van der Waals surface area (Å²) < 4.78 is 6.81. The zero-order chi connectivity index (χ0) is 13.7. The van der Waals surface area contributed by atoms with Crippen LogP contribution in [-0.2, 0) is 4.79 Å². The van der Waals surface area contributed by atoms with E-state index in [0.29, 0.717) is 6.42 Å².